The first-order valence-electron chi connectivity index (χ1n) is 6.53. The van der Waals surface area contributed by atoms with Gasteiger partial charge in [0.05, 0.1) is 17.4 Å². The zero-order valence-electron chi connectivity index (χ0n) is 11.4. The molecular formula is C15H21N3. The Morgan fingerprint density at radius 1 is 1.17 bits per heavy atom. The van der Waals surface area contributed by atoms with E-state index < -0.39 is 0 Å². The summed E-state index contributed by atoms with van der Waals surface area (Å²) >= 11 is 0. The lowest BCUT2D eigenvalue weighted by Gasteiger charge is -2.12. The number of rotatable bonds is 4. The van der Waals surface area contributed by atoms with E-state index in [-0.39, 0.29) is 6.04 Å². The molecule has 1 aromatic carbocycles. The number of aromatic nitrogens is 2. The van der Waals surface area contributed by atoms with E-state index in [4.69, 9.17) is 5.73 Å². The molecule has 0 saturated heterocycles. The molecule has 0 spiro atoms. The van der Waals surface area contributed by atoms with Crippen molar-refractivity contribution in [2.75, 3.05) is 0 Å². The second-order valence-corrected chi connectivity index (χ2v) is 4.61. The van der Waals surface area contributed by atoms with Gasteiger partial charge >= 0.3 is 0 Å². The third kappa shape index (κ3) is 2.46. The molecule has 18 heavy (non-hydrogen) atoms. The summed E-state index contributed by atoms with van der Waals surface area (Å²) in [6.45, 7) is 4.26. The maximum absolute atomic E-state index is 6.32. The van der Waals surface area contributed by atoms with Gasteiger partial charge < -0.3 is 5.73 Å². The molecule has 0 saturated carbocycles. The standard InChI is InChI=1S/C15H21N3/c1-4-11-6-8-12(9-7-11)15(16)14-10-13(5-2)17-18(14)3/h6-10,15H,4-5,16H2,1-3H3. The Bertz CT molecular complexity index is 511. The van der Waals surface area contributed by atoms with Crippen LogP contribution in [0.3, 0.4) is 0 Å². The minimum absolute atomic E-state index is 0.103. The van der Waals surface area contributed by atoms with Gasteiger partial charge in [-0.15, -0.1) is 0 Å². The molecule has 0 aliphatic carbocycles. The highest BCUT2D eigenvalue weighted by molar-refractivity contribution is 5.31. The van der Waals surface area contributed by atoms with Gasteiger partial charge in [-0.25, -0.2) is 0 Å². The first-order chi connectivity index (χ1) is 8.65. The first-order valence-corrected chi connectivity index (χ1v) is 6.53. The molecule has 0 radical (unpaired) electrons. The van der Waals surface area contributed by atoms with Crippen molar-refractivity contribution in [3.63, 3.8) is 0 Å². The molecule has 3 nitrogen and oxygen atoms in total. The smallest absolute Gasteiger partial charge is 0.0723 e. The largest absolute Gasteiger partial charge is 0.319 e. The molecule has 0 fully saturated rings. The fourth-order valence-electron chi connectivity index (χ4n) is 2.14. The molecule has 0 aliphatic rings. The zero-order valence-corrected chi connectivity index (χ0v) is 11.4. The molecule has 1 heterocycles. The lowest BCUT2D eigenvalue weighted by Crippen LogP contribution is -2.15. The molecular weight excluding hydrogens is 222 g/mol. The van der Waals surface area contributed by atoms with Gasteiger partial charge in [-0.05, 0) is 30.0 Å². The summed E-state index contributed by atoms with van der Waals surface area (Å²) in [7, 11) is 1.95. The summed E-state index contributed by atoms with van der Waals surface area (Å²) in [4.78, 5) is 0. The Kier molecular flexibility index (Phi) is 3.82. The van der Waals surface area contributed by atoms with Crippen LogP contribution in [-0.4, -0.2) is 9.78 Å². The molecule has 1 aromatic heterocycles. The normalized spacial score (nSPS) is 12.7. The van der Waals surface area contributed by atoms with E-state index >= 15 is 0 Å². The Morgan fingerprint density at radius 2 is 1.83 bits per heavy atom. The van der Waals surface area contributed by atoms with Crippen LogP contribution in [0.25, 0.3) is 0 Å². The van der Waals surface area contributed by atoms with Crippen molar-refractivity contribution in [3.8, 4) is 0 Å². The Morgan fingerprint density at radius 3 is 2.33 bits per heavy atom. The lowest BCUT2D eigenvalue weighted by molar-refractivity contribution is 0.666. The molecule has 96 valence electrons. The fourth-order valence-corrected chi connectivity index (χ4v) is 2.14. The summed E-state index contributed by atoms with van der Waals surface area (Å²) in [6.07, 6.45) is 2.00. The molecule has 2 rings (SSSR count). The van der Waals surface area contributed by atoms with E-state index in [0.29, 0.717) is 0 Å². The SMILES string of the molecule is CCc1ccc(C(N)c2cc(CC)nn2C)cc1. The van der Waals surface area contributed by atoms with E-state index in [1.807, 2.05) is 11.7 Å². The first kappa shape index (κ1) is 12.8. The average Bonchev–Trinajstić information content (AvgIpc) is 2.79. The monoisotopic (exact) mass is 243 g/mol. The summed E-state index contributed by atoms with van der Waals surface area (Å²) < 4.78 is 1.89. The molecule has 0 bridgehead atoms. The summed E-state index contributed by atoms with van der Waals surface area (Å²) in [6, 6.07) is 10.5. The van der Waals surface area contributed by atoms with Crippen LogP contribution in [-0.2, 0) is 19.9 Å². The quantitative estimate of drug-likeness (QED) is 0.897. The molecule has 2 aromatic rings. The van der Waals surface area contributed by atoms with Crippen LogP contribution in [0.5, 0.6) is 0 Å². The van der Waals surface area contributed by atoms with Gasteiger partial charge in [-0.3, -0.25) is 4.68 Å². The number of benzene rings is 1. The number of nitrogens with two attached hydrogens (primary N) is 1. The zero-order chi connectivity index (χ0) is 13.1. The second-order valence-electron chi connectivity index (χ2n) is 4.61. The van der Waals surface area contributed by atoms with Crippen molar-refractivity contribution in [2.24, 2.45) is 12.8 Å². The van der Waals surface area contributed by atoms with Gasteiger partial charge in [0.2, 0.25) is 0 Å². The minimum atomic E-state index is -0.103. The Hall–Kier alpha value is -1.61. The summed E-state index contributed by atoms with van der Waals surface area (Å²) in [5, 5.41) is 4.45. The molecule has 1 atom stereocenters. The minimum Gasteiger partial charge on any atom is -0.319 e. The highest BCUT2D eigenvalue weighted by Gasteiger charge is 2.14. The molecule has 3 heteroatoms. The topological polar surface area (TPSA) is 43.8 Å². The maximum atomic E-state index is 6.32. The Labute approximate surface area is 109 Å². The van der Waals surface area contributed by atoms with E-state index in [0.717, 1.165) is 29.8 Å². The van der Waals surface area contributed by atoms with Crippen LogP contribution in [0.15, 0.2) is 30.3 Å². The van der Waals surface area contributed by atoms with Crippen LogP contribution in [0, 0.1) is 0 Å². The van der Waals surface area contributed by atoms with E-state index in [1.165, 1.54) is 5.56 Å². The highest BCUT2D eigenvalue weighted by Crippen LogP contribution is 2.20. The van der Waals surface area contributed by atoms with Crippen molar-refractivity contribution in [1.29, 1.82) is 0 Å². The van der Waals surface area contributed by atoms with Crippen LogP contribution >= 0.6 is 0 Å². The average molecular weight is 243 g/mol. The van der Waals surface area contributed by atoms with Gasteiger partial charge in [0, 0.05) is 7.05 Å². The van der Waals surface area contributed by atoms with Gasteiger partial charge in [0.15, 0.2) is 0 Å². The van der Waals surface area contributed by atoms with Gasteiger partial charge in [0.1, 0.15) is 0 Å². The lowest BCUT2D eigenvalue weighted by atomic mass is 10.0. The third-order valence-corrected chi connectivity index (χ3v) is 3.39. The van der Waals surface area contributed by atoms with E-state index in [9.17, 15) is 0 Å². The van der Waals surface area contributed by atoms with Crippen LogP contribution < -0.4 is 5.73 Å². The molecule has 2 N–H and O–H groups in total. The molecule has 0 amide bonds. The van der Waals surface area contributed by atoms with Crippen molar-refractivity contribution >= 4 is 0 Å². The number of hydrogen-bond acceptors (Lipinski definition) is 2. The Balaban J connectivity index is 2.28. The van der Waals surface area contributed by atoms with Crippen molar-refractivity contribution in [3.05, 3.63) is 52.8 Å². The van der Waals surface area contributed by atoms with Crippen LogP contribution in [0.2, 0.25) is 0 Å². The van der Waals surface area contributed by atoms with Gasteiger partial charge in [0.25, 0.3) is 0 Å². The molecule has 0 aliphatic heterocycles. The van der Waals surface area contributed by atoms with Crippen molar-refractivity contribution in [2.45, 2.75) is 32.7 Å². The third-order valence-electron chi connectivity index (χ3n) is 3.39. The van der Waals surface area contributed by atoms with Gasteiger partial charge in [-0.2, -0.15) is 5.10 Å². The number of hydrogen-bond donors (Lipinski definition) is 1. The van der Waals surface area contributed by atoms with Crippen LogP contribution in [0.4, 0.5) is 0 Å². The number of aryl methyl sites for hydroxylation is 3. The van der Waals surface area contributed by atoms with E-state index in [1.54, 1.807) is 0 Å². The summed E-state index contributed by atoms with van der Waals surface area (Å²) in [5.41, 5.74) is 10.9. The summed E-state index contributed by atoms with van der Waals surface area (Å²) in [5.74, 6) is 0. The highest BCUT2D eigenvalue weighted by atomic mass is 15.3. The van der Waals surface area contributed by atoms with Gasteiger partial charge in [-0.1, -0.05) is 38.1 Å². The predicted molar refractivity (Wildman–Crippen MR) is 74.4 cm³/mol. The maximum Gasteiger partial charge on any atom is 0.0723 e. The molecule has 1 unspecified atom stereocenters. The van der Waals surface area contributed by atoms with Crippen molar-refractivity contribution < 1.29 is 0 Å². The fraction of sp³-hybridized carbons (Fsp3) is 0.400. The second kappa shape index (κ2) is 5.36. The predicted octanol–water partition coefficient (Wildman–Crippen LogP) is 2.59. The van der Waals surface area contributed by atoms with E-state index in [2.05, 4.69) is 49.3 Å². The van der Waals surface area contributed by atoms with Crippen LogP contribution in [0.1, 0.15) is 42.4 Å². The number of nitrogens with zero attached hydrogens (tertiary/aromatic N) is 2. The van der Waals surface area contributed by atoms with Crippen molar-refractivity contribution in [1.82, 2.24) is 9.78 Å².